The summed E-state index contributed by atoms with van der Waals surface area (Å²) in [5.41, 5.74) is 6.19. The number of aromatic nitrogens is 1. The maximum Gasteiger partial charge on any atom is 0.281 e. The highest BCUT2D eigenvalue weighted by molar-refractivity contribution is 7.17. The van der Waals surface area contributed by atoms with Gasteiger partial charge in [-0.05, 0) is 19.1 Å². The van der Waals surface area contributed by atoms with E-state index in [1.807, 2.05) is 0 Å². The number of nitrogens with zero attached hydrogens (tertiary/aromatic N) is 3. The highest BCUT2D eigenvalue weighted by Gasteiger charge is 2.35. The summed E-state index contributed by atoms with van der Waals surface area (Å²) in [5.74, 6) is -0.931. The van der Waals surface area contributed by atoms with Gasteiger partial charge < -0.3 is 19.3 Å². The molecule has 1 aromatic heterocycles. The van der Waals surface area contributed by atoms with E-state index in [0.29, 0.717) is 35.2 Å². The van der Waals surface area contributed by atoms with Crippen molar-refractivity contribution in [1.29, 1.82) is 0 Å². The molecule has 2 saturated heterocycles. The minimum absolute atomic E-state index is 0.0691. The number of nitrogens with one attached hydrogen (secondary N) is 2. The van der Waals surface area contributed by atoms with Crippen LogP contribution in [-0.4, -0.2) is 62.7 Å². The van der Waals surface area contributed by atoms with Gasteiger partial charge in [-0.25, -0.2) is 4.98 Å². The maximum atomic E-state index is 12.6. The Bertz CT molecular complexity index is 1020. The van der Waals surface area contributed by atoms with Gasteiger partial charge in [0, 0.05) is 37.8 Å². The fourth-order valence-corrected chi connectivity index (χ4v) is 4.68. The van der Waals surface area contributed by atoms with Crippen molar-refractivity contribution in [2.24, 2.45) is 5.92 Å². The number of amides is 3. The molecular formula is C21H25N5O5S. The predicted octanol–water partition coefficient (Wildman–Crippen LogP) is 1.11. The summed E-state index contributed by atoms with van der Waals surface area (Å²) < 4.78 is 10.6. The van der Waals surface area contributed by atoms with Gasteiger partial charge in [0.25, 0.3) is 5.91 Å². The zero-order valence-corrected chi connectivity index (χ0v) is 18.7. The topological polar surface area (TPSA) is 113 Å². The quantitative estimate of drug-likeness (QED) is 0.644. The Morgan fingerprint density at radius 3 is 2.78 bits per heavy atom. The van der Waals surface area contributed by atoms with Crippen molar-refractivity contribution in [3.05, 3.63) is 34.8 Å². The molecule has 0 spiro atoms. The molecule has 3 amide bonds. The molecule has 10 nitrogen and oxygen atoms in total. The summed E-state index contributed by atoms with van der Waals surface area (Å²) in [6.07, 6.45) is 0.0691. The van der Waals surface area contributed by atoms with Gasteiger partial charge in [-0.1, -0.05) is 17.4 Å². The van der Waals surface area contributed by atoms with Crippen LogP contribution in [0.4, 0.5) is 10.8 Å². The van der Waals surface area contributed by atoms with E-state index in [1.54, 1.807) is 43.2 Å². The third-order valence-electron chi connectivity index (χ3n) is 5.43. The van der Waals surface area contributed by atoms with Crippen molar-refractivity contribution in [3.63, 3.8) is 0 Å². The lowest BCUT2D eigenvalue weighted by Gasteiger charge is -2.25. The Morgan fingerprint density at radius 2 is 2.03 bits per heavy atom. The molecule has 1 atom stereocenters. The number of carbonyl (C=O) groups is 3. The summed E-state index contributed by atoms with van der Waals surface area (Å²) in [4.78, 5) is 46.2. The Hall–Kier alpha value is -3.18. The number of benzene rings is 1. The molecule has 11 heteroatoms. The number of thiazole rings is 1. The Labute approximate surface area is 189 Å². The van der Waals surface area contributed by atoms with Crippen molar-refractivity contribution in [1.82, 2.24) is 15.8 Å². The molecule has 2 aliphatic rings. The fourth-order valence-electron chi connectivity index (χ4n) is 3.67. The predicted molar refractivity (Wildman–Crippen MR) is 119 cm³/mol. The van der Waals surface area contributed by atoms with E-state index < -0.39 is 17.7 Å². The normalized spacial score (nSPS) is 18.6. The molecular weight excluding hydrogens is 434 g/mol. The second-order valence-corrected chi connectivity index (χ2v) is 8.54. The van der Waals surface area contributed by atoms with Crippen molar-refractivity contribution >= 4 is 39.9 Å². The molecule has 2 aliphatic heterocycles. The van der Waals surface area contributed by atoms with Gasteiger partial charge in [0.2, 0.25) is 11.8 Å². The van der Waals surface area contributed by atoms with Gasteiger partial charge >= 0.3 is 0 Å². The molecule has 0 saturated carbocycles. The number of hydrazine groups is 1. The highest BCUT2D eigenvalue weighted by atomic mass is 32.1. The van der Waals surface area contributed by atoms with E-state index in [1.165, 1.54) is 11.3 Å². The zero-order valence-electron chi connectivity index (χ0n) is 17.9. The van der Waals surface area contributed by atoms with Crippen LogP contribution < -0.4 is 25.4 Å². The standard InChI is InChI=1S/C21H25N5O5S/c1-13-18(32-21(22-13)25-6-8-31-9-7-25)20(29)24-23-19(28)14-10-17(27)26(12-14)15-4-3-5-16(11-15)30-2/h3-5,11,14H,6-10,12H2,1-2H3,(H,23,28)(H,24,29)/t14-/m1/s1. The lowest BCUT2D eigenvalue weighted by atomic mass is 10.1. The lowest BCUT2D eigenvalue weighted by Crippen LogP contribution is -2.45. The molecule has 2 aromatic rings. The number of methoxy groups -OCH3 is 1. The van der Waals surface area contributed by atoms with Gasteiger partial charge in [0.1, 0.15) is 10.6 Å². The second-order valence-electron chi connectivity index (χ2n) is 7.56. The summed E-state index contributed by atoms with van der Waals surface area (Å²) in [6.45, 7) is 4.70. The first-order chi connectivity index (χ1) is 15.5. The molecule has 4 rings (SSSR count). The van der Waals surface area contributed by atoms with Crippen molar-refractivity contribution < 1.29 is 23.9 Å². The second kappa shape index (κ2) is 9.53. The fraction of sp³-hybridized carbons (Fsp3) is 0.429. The summed E-state index contributed by atoms with van der Waals surface area (Å²) >= 11 is 1.28. The molecule has 3 heterocycles. The Balaban J connectivity index is 1.34. The molecule has 0 aliphatic carbocycles. The van der Waals surface area contributed by atoms with Crippen LogP contribution in [0.2, 0.25) is 0 Å². The Kier molecular flexibility index (Phi) is 6.56. The third-order valence-corrected chi connectivity index (χ3v) is 6.65. The van der Waals surface area contributed by atoms with Crippen LogP contribution in [0.15, 0.2) is 24.3 Å². The van der Waals surface area contributed by atoms with Crippen molar-refractivity contribution in [2.75, 3.05) is 49.8 Å². The average Bonchev–Trinajstić information content (AvgIpc) is 3.40. The molecule has 32 heavy (non-hydrogen) atoms. The van der Waals surface area contributed by atoms with Gasteiger partial charge in [0.05, 0.1) is 31.9 Å². The van der Waals surface area contributed by atoms with Crippen LogP contribution in [0.1, 0.15) is 21.8 Å². The van der Waals surface area contributed by atoms with Crippen LogP contribution in [0.5, 0.6) is 5.75 Å². The molecule has 2 fully saturated rings. The van der Waals surface area contributed by atoms with Crippen molar-refractivity contribution in [2.45, 2.75) is 13.3 Å². The summed E-state index contributed by atoms with van der Waals surface area (Å²) in [6, 6.07) is 7.12. The molecule has 0 radical (unpaired) electrons. The van der Waals surface area contributed by atoms with Crippen LogP contribution in [0.3, 0.4) is 0 Å². The van der Waals surface area contributed by atoms with Crippen LogP contribution in [0, 0.1) is 12.8 Å². The van der Waals surface area contributed by atoms with E-state index in [4.69, 9.17) is 9.47 Å². The SMILES string of the molecule is COc1cccc(N2C[C@H](C(=O)NNC(=O)c3sc(N4CCOCC4)nc3C)CC2=O)c1. The average molecular weight is 460 g/mol. The van der Waals surface area contributed by atoms with Gasteiger partial charge in [0.15, 0.2) is 5.13 Å². The minimum atomic E-state index is -0.569. The third kappa shape index (κ3) is 4.68. The number of ether oxygens (including phenoxy) is 2. The first-order valence-corrected chi connectivity index (χ1v) is 11.1. The first kappa shape index (κ1) is 22.0. The number of hydrogen-bond donors (Lipinski definition) is 2. The highest BCUT2D eigenvalue weighted by Crippen LogP contribution is 2.28. The van der Waals surface area contributed by atoms with E-state index in [2.05, 4.69) is 20.7 Å². The number of rotatable bonds is 5. The zero-order chi connectivity index (χ0) is 22.7. The van der Waals surface area contributed by atoms with E-state index >= 15 is 0 Å². The summed E-state index contributed by atoms with van der Waals surface area (Å²) in [5, 5.41) is 0.762. The van der Waals surface area contributed by atoms with Gasteiger partial charge in [-0.3, -0.25) is 25.2 Å². The minimum Gasteiger partial charge on any atom is -0.497 e. The van der Waals surface area contributed by atoms with E-state index in [-0.39, 0.29) is 18.9 Å². The van der Waals surface area contributed by atoms with Gasteiger partial charge in [-0.2, -0.15) is 0 Å². The number of morpholine rings is 1. The van der Waals surface area contributed by atoms with Crippen LogP contribution in [0.25, 0.3) is 0 Å². The monoisotopic (exact) mass is 459 g/mol. The number of hydrogen-bond acceptors (Lipinski definition) is 8. The first-order valence-electron chi connectivity index (χ1n) is 10.3. The lowest BCUT2D eigenvalue weighted by molar-refractivity contribution is -0.126. The molecule has 0 bridgehead atoms. The van der Waals surface area contributed by atoms with E-state index in [9.17, 15) is 14.4 Å². The smallest absolute Gasteiger partial charge is 0.281 e. The summed E-state index contributed by atoms with van der Waals surface area (Å²) in [7, 11) is 1.55. The van der Waals surface area contributed by atoms with E-state index in [0.717, 1.165) is 18.2 Å². The largest absolute Gasteiger partial charge is 0.497 e. The Morgan fingerprint density at radius 1 is 1.25 bits per heavy atom. The number of aryl methyl sites for hydroxylation is 1. The molecule has 170 valence electrons. The number of anilines is 2. The van der Waals surface area contributed by atoms with Crippen LogP contribution >= 0.6 is 11.3 Å². The molecule has 1 aromatic carbocycles. The van der Waals surface area contributed by atoms with Crippen molar-refractivity contribution in [3.8, 4) is 5.75 Å². The molecule has 0 unspecified atom stereocenters. The maximum absolute atomic E-state index is 12.6. The van der Waals surface area contributed by atoms with Crippen LogP contribution in [-0.2, 0) is 14.3 Å². The number of carbonyl (C=O) groups excluding carboxylic acids is 3. The molecule has 2 N–H and O–H groups in total. The van der Waals surface area contributed by atoms with Gasteiger partial charge in [-0.15, -0.1) is 0 Å².